The first-order valence-electron chi connectivity index (χ1n) is 11.6. The van der Waals surface area contributed by atoms with E-state index in [1.165, 1.54) is 13.2 Å². The summed E-state index contributed by atoms with van der Waals surface area (Å²) in [7, 11) is 0.946. The highest BCUT2D eigenvalue weighted by Crippen LogP contribution is 2.36. The van der Waals surface area contributed by atoms with E-state index >= 15 is 0 Å². The molecule has 1 aliphatic heterocycles. The van der Waals surface area contributed by atoms with Crippen LogP contribution in [0.15, 0.2) is 54.7 Å². The lowest BCUT2D eigenvalue weighted by Gasteiger charge is -2.32. The molecule has 1 fully saturated rings. The van der Waals surface area contributed by atoms with Crippen molar-refractivity contribution >= 4 is 12.6 Å². The fraction of sp³-hybridized carbons (Fsp3) is 0.370. The van der Waals surface area contributed by atoms with E-state index in [-0.39, 0.29) is 6.61 Å². The predicted octanol–water partition coefficient (Wildman–Crippen LogP) is 3.96. The summed E-state index contributed by atoms with van der Waals surface area (Å²) in [6.07, 6.45) is 0.597. The summed E-state index contributed by atoms with van der Waals surface area (Å²) < 4.78 is 31.7. The van der Waals surface area contributed by atoms with Crippen LogP contribution in [0.25, 0.3) is 11.1 Å². The van der Waals surface area contributed by atoms with Gasteiger partial charge in [-0.3, -0.25) is 0 Å². The molecule has 1 aromatic heterocycles. The van der Waals surface area contributed by atoms with Gasteiger partial charge in [0, 0.05) is 18.1 Å². The fourth-order valence-corrected chi connectivity index (χ4v) is 4.08. The molecule has 2 N–H and O–H groups in total. The summed E-state index contributed by atoms with van der Waals surface area (Å²) in [4.78, 5) is 3.87. The minimum atomic E-state index is -0.820. The van der Waals surface area contributed by atoms with E-state index in [0.717, 1.165) is 22.8 Å². The van der Waals surface area contributed by atoms with E-state index in [0.29, 0.717) is 29.0 Å². The first kappa shape index (κ1) is 25.3. The van der Waals surface area contributed by atoms with E-state index in [9.17, 15) is 14.6 Å². The van der Waals surface area contributed by atoms with Gasteiger partial charge in [0.15, 0.2) is 0 Å². The van der Waals surface area contributed by atoms with E-state index in [1.54, 1.807) is 24.3 Å². The molecule has 0 radical (unpaired) electrons. The van der Waals surface area contributed by atoms with E-state index in [4.69, 9.17) is 14.0 Å². The van der Waals surface area contributed by atoms with Crippen molar-refractivity contribution in [3.05, 3.63) is 77.2 Å². The second kappa shape index (κ2) is 9.70. The molecule has 35 heavy (non-hydrogen) atoms. The first-order chi connectivity index (χ1) is 16.5. The minimum Gasteiger partial charge on any atom is -0.481 e. The molecule has 8 heteroatoms. The minimum absolute atomic E-state index is 0.145. The van der Waals surface area contributed by atoms with Crippen LogP contribution in [0, 0.1) is 5.82 Å². The van der Waals surface area contributed by atoms with Gasteiger partial charge in [0.1, 0.15) is 5.82 Å². The number of rotatable bonds is 7. The Hall–Kier alpha value is -2.78. The number of aromatic nitrogens is 1. The zero-order valence-corrected chi connectivity index (χ0v) is 20.7. The molecular weight excluding hydrogens is 448 g/mol. The smallest absolute Gasteiger partial charge is 0.481 e. The van der Waals surface area contributed by atoms with Crippen LogP contribution in [0.3, 0.4) is 0 Å². The van der Waals surface area contributed by atoms with Gasteiger partial charge >= 0.3 is 7.12 Å². The number of methoxy groups -OCH3 is 1. The molecule has 4 rings (SSSR count). The third-order valence-electron chi connectivity index (χ3n) is 6.99. The number of nitrogens with zero attached hydrogens (tertiary/aromatic N) is 1. The molecule has 184 valence electrons. The predicted molar refractivity (Wildman–Crippen MR) is 133 cm³/mol. The normalized spacial score (nSPS) is 17.4. The van der Waals surface area contributed by atoms with Crippen molar-refractivity contribution in [1.29, 1.82) is 0 Å². The van der Waals surface area contributed by atoms with Gasteiger partial charge in [0.25, 0.3) is 0 Å². The molecule has 1 unspecified atom stereocenters. The highest BCUT2D eigenvalue weighted by Gasteiger charge is 2.51. The average Bonchev–Trinajstić information content (AvgIpc) is 3.06. The Balaban J connectivity index is 1.55. The number of aliphatic hydroxyl groups is 2. The van der Waals surface area contributed by atoms with Crippen molar-refractivity contribution < 1.29 is 28.6 Å². The summed E-state index contributed by atoms with van der Waals surface area (Å²) in [5.74, 6) is -0.130. The molecule has 0 bridgehead atoms. The lowest BCUT2D eigenvalue weighted by atomic mass is 9.77. The van der Waals surface area contributed by atoms with Gasteiger partial charge in [0.05, 0.1) is 37.2 Å². The molecule has 2 heterocycles. The number of hydrogen-bond acceptors (Lipinski definition) is 6. The molecule has 0 saturated carbocycles. The standard InChI is InChI=1S/C27H31BFNO5/c1-26(2)27(3,4)35-28(34-26)21-11-10-19(16-31)20(12-21)13-24(32)18-8-6-17(7-9-18)22-14-25(33-5)30-15-23(22)29/h6-12,14-15,24,31-32H,13,16H2,1-5H3. The molecule has 1 aliphatic rings. The summed E-state index contributed by atoms with van der Waals surface area (Å²) in [5, 5.41) is 20.8. The van der Waals surface area contributed by atoms with Gasteiger partial charge in [-0.15, -0.1) is 0 Å². The van der Waals surface area contributed by atoms with Gasteiger partial charge < -0.3 is 24.3 Å². The largest absolute Gasteiger partial charge is 0.494 e. The van der Waals surface area contributed by atoms with Crippen molar-refractivity contribution in [2.75, 3.05) is 7.11 Å². The monoisotopic (exact) mass is 479 g/mol. The Morgan fingerprint density at radius 1 is 1.00 bits per heavy atom. The van der Waals surface area contributed by atoms with Crippen LogP contribution in [-0.2, 0) is 22.3 Å². The second-order valence-corrected chi connectivity index (χ2v) is 9.82. The first-order valence-corrected chi connectivity index (χ1v) is 11.6. The lowest BCUT2D eigenvalue weighted by Crippen LogP contribution is -2.41. The summed E-state index contributed by atoms with van der Waals surface area (Å²) in [6.45, 7) is 7.84. The number of pyridine rings is 1. The number of aliphatic hydroxyl groups excluding tert-OH is 2. The van der Waals surface area contributed by atoms with E-state index in [1.807, 2.05) is 45.9 Å². The molecule has 2 aromatic carbocycles. The van der Waals surface area contributed by atoms with Gasteiger partial charge in [-0.1, -0.05) is 42.5 Å². The van der Waals surface area contributed by atoms with Gasteiger partial charge in [-0.05, 0) is 55.4 Å². The Labute approximate surface area is 205 Å². The number of ether oxygens (including phenoxy) is 1. The van der Waals surface area contributed by atoms with Crippen LogP contribution in [0.2, 0.25) is 0 Å². The molecule has 1 atom stereocenters. The molecule has 0 spiro atoms. The SMILES string of the molecule is COc1cc(-c2ccc(C(O)Cc3cc(B4OC(C)(C)C(C)(C)O4)ccc3CO)cc2)c(F)cn1. The van der Waals surface area contributed by atoms with Crippen molar-refractivity contribution in [2.24, 2.45) is 0 Å². The quantitative estimate of drug-likeness (QED) is 0.500. The fourth-order valence-electron chi connectivity index (χ4n) is 4.08. The molecule has 0 amide bonds. The number of benzene rings is 2. The zero-order chi connectivity index (χ0) is 25.4. The van der Waals surface area contributed by atoms with Crippen LogP contribution in [-0.4, -0.2) is 40.6 Å². The topological polar surface area (TPSA) is 81.0 Å². The Kier molecular flexibility index (Phi) is 7.02. The molecule has 0 aliphatic carbocycles. The molecule has 6 nitrogen and oxygen atoms in total. The molecule has 1 saturated heterocycles. The van der Waals surface area contributed by atoms with Gasteiger partial charge in [-0.2, -0.15) is 0 Å². The Bertz CT molecular complexity index is 1180. The Morgan fingerprint density at radius 3 is 2.26 bits per heavy atom. The maximum Gasteiger partial charge on any atom is 0.494 e. The van der Waals surface area contributed by atoms with E-state index < -0.39 is 30.2 Å². The van der Waals surface area contributed by atoms with Crippen molar-refractivity contribution in [2.45, 2.75) is 58.0 Å². The van der Waals surface area contributed by atoms with Crippen LogP contribution >= 0.6 is 0 Å². The third-order valence-corrected chi connectivity index (χ3v) is 6.99. The summed E-state index contributed by atoms with van der Waals surface area (Å²) >= 11 is 0. The van der Waals surface area contributed by atoms with Crippen molar-refractivity contribution in [1.82, 2.24) is 4.98 Å². The highest BCUT2D eigenvalue weighted by atomic mass is 19.1. The van der Waals surface area contributed by atoms with Crippen LogP contribution in [0.1, 0.15) is 50.5 Å². The van der Waals surface area contributed by atoms with Crippen LogP contribution in [0.4, 0.5) is 4.39 Å². The summed E-state index contributed by atoms with van der Waals surface area (Å²) in [6, 6.07) is 14.2. The van der Waals surface area contributed by atoms with E-state index in [2.05, 4.69) is 4.98 Å². The zero-order valence-electron chi connectivity index (χ0n) is 20.7. The van der Waals surface area contributed by atoms with Crippen LogP contribution < -0.4 is 10.2 Å². The second-order valence-electron chi connectivity index (χ2n) is 9.82. The van der Waals surface area contributed by atoms with Gasteiger partial charge in [-0.25, -0.2) is 9.37 Å². The molecular formula is C27H31BFNO5. The Morgan fingerprint density at radius 2 is 1.66 bits per heavy atom. The number of halogens is 1. The van der Waals surface area contributed by atoms with Gasteiger partial charge in [0.2, 0.25) is 5.88 Å². The third kappa shape index (κ3) is 5.11. The maximum atomic E-state index is 14.3. The van der Waals surface area contributed by atoms with Crippen LogP contribution in [0.5, 0.6) is 5.88 Å². The lowest BCUT2D eigenvalue weighted by molar-refractivity contribution is 0.00578. The number of hydrogen-bond donors (Lipinski definition) is 2. The molecule has 3 aromatic rings. The van der Waals surface area contributed by atoms with Crippen molar-refractivity contribution in [3.8, 4) is 17.0 Å². The highest BCUT2D eigenvalue weighted by molar-refractivity contribution is 6.62. The summed E-state index contributed by atoms with van der Waals surface area (Å²) in [5.41, 5.74) is 3.14. The van der Waals surface area contributed by atoms with Crippen molar-refractivity contribution in [3.63, 3.8) is 0 Å². The average molecular weight is 479 g/mol. The maximum absolute atomic E-state index is 14.3.